The molecule has 3 N–H and O–H groups in total. The fourth-order valence-corrected chi connectivity index (χ4v) is 5.16. The van der Waals surface area contributed by atoms with Gasteiger partial charge in [0.1, 0.15) is 17.7 Å². The molecule has 3 atom stereocenters. The molecule has 2 aromatic heterocycles. The Balaban J connectivity index is 1.40. The Morgan fingerprint density at radius 1 is 1.30 bits per heavy atom. The van der Waals surface area contributed by atoms with Crippen molar-refractivity contribution in [1.29, 1.82) is 5.26 Å². The molecular weight excluding hydrogens is 489 g/mol. The van der Waals surface area contributed by atoms with Crippen LogP contribution in [0.3, 0.4) is 0 Å². The van der Waals surface area contributed by atoms with E-state index in [1.807, 2.05) is 10.00 Å². The van der Waals surface area contributed by atoms with E-state index in [0.717, 1.165) is 6.20 Å². The van der Waals surface area contributed by atoms with Gasteiger partial charge in [-0.05, 0) is 38.8 Å². The number of rotatable bonds is 8. The average Bonchev–Trinajstić information content (AvgIpc) is 3.35. The van der Waals surface area contributed by atoms with Crippen LogP contribution in [0.4, 0.5) is 24.5 Å². The summed E-state index contributed by atoms with van der Waals surface area (Å²) in [7, 11) is 0. The highest BCUT2D eigenvalue weighted by molar-refractivity contribution is 5.92. The SMILES string of the molecule is CC(NCC[C@@H]1CCCN1c1cn[nH]c(=O)c1C(F)(F)F)C(=O)C1CNCCN1c1ccncc1C#N. The highest BCUT2D eigenvalue weighted by Crippen LogP contribution is 2.36. The summed E-state index contributed by atoms with van der Waals surface area (Å²) in [6.45, 7) is 4.23. The topological polar surface area (TPSA) is 130 Å². The molecule has 0 aromatic carbocycles. The molecule has 0 amide bonds. The van der Waals surface area contributed by atoms with Gasteiger partial charge in [0.25, 0.3) is 5.56 Å². The van der Waals surface area contributed by atoms with Crippen LogP contribution in [-0.2, 0) is 11.0 Å². The van der Waals surface area contributed by atoms with Crippen molar-refractivity contribution >= 4 is 17.2 Å². The van der Waals surface area contributed by atoms with E-state index in [-0.39, 0.29) is 17.5 Å². The lowest BCUT2D eigenvalue weighted by atomic mass is 10.0. The third-order valence-corrected chi connectivity index (χ3v) is 6.96. The highest BCUT2D eigenvalue weighted by Gasteiger charge is 2.40. The van der Waals surface area contributed by atoms with Crippen molar-refractivity contribution in [3.8, 4) is 6.07 Å². The number of hydrogen-bond acceptors (Lipinski definition) is 9. The molecule has 2 aliphatic heterocycles. The Hall–Kier alpha value is -3.50. The van der Waals surface area contributed by atoms with Gasteiger partial charge in [-0.25, -0.2) is 5.10 Å². The number of hydrogen-bond donors (Lipinski definition) is 3. The number of carbonyl (C=O) groups is 1. The molecule has 4 heterocycles. The number of aromatic amines is 1. The van der Waals surface area contributed by atoms with Gasteiger partial charge in [-0.2, -0.15) is 23.5 Å². The molecule has 37 heavy (non-hydrogen) atoms. The first kappa shape index (κ1) is 26.6. The van der Waals surface area contributed by atoms with Crippen LogP contribution in [0.15, 0.2) is 29.5 Å². The van der Waals surface area contributed by atoms with Crippen LogP contribution in [-0.4, -0.2) is 71.8 Å². The van der Waals surface area contributed by atoms with E-state index in [1.165, 1.54) is 6.20 Å². The largest absolute Gasteiger partial charge is 0.423 e. The number of H-pyrrole nitrogens is 1. The van der Waals surface area contributed by atoms with E-state index < -0.39 is 29.4 Å². The lowest BCUT2D eigenvalue weighted by Crippen LogP contribution is -2.59. The van der Waals surface area contributed by atoms with Crippen molar-refractivity contribution in [2.75, 3.05) is 42.5 Å². The minimum atomic E-state index is -4.79. The Morgan fingerprint density at radius 2 is 2.11 bits per heavy atom. The first-order valence-electron chi connectivity index (χ1n) is 12.2. The van der Waals surface area contributed by atoms with E-state index in [2.05, 4.69) is 26.8 Å². The van der Waals surface area contributed by atoms with Gasteiger partial charge in [0, 0.05) is 44.6 Å². The standard InChI is InChI=1S/C24H29F3N8O2/c1-15(22(36)20-13-30-8-10-35(20)18-5-6-29-12-16(18)11-28)31-7-4-17-3-2-9-34(17)19-14-32-33-23(37)21(19)24(25,26)27/h5-6,12,14-15,17,20,30-31H,2-4,7-10,13H2,1H3,(H,33,37)/t15?,17-,20?/m0/s1. The monoisotopic (exact) mass is 518 g/mol. The number of pyridine rings is 1. The lowest BCUT2D eigenvalue weighted by molar-refractivity contribution is -0.138. The van der Waals surface area contributed by atoms with Gasteiger partial charge in [0.05, 0.1) is 29.2 Å². The molecule has 2 fully saturated rings. The van der Waals surface area contributed by atoms with Crippen LogP contribution in [0.2, 0.25) is 0 Å². The van der Waals surface area contributed by atoms with Gasteiger partial charge in [0.2, 0.25) is 0 Å². The molecule has 13 heteroatoms. The molecule has 4 rings (SSSR count). The number of nitrogens with one attached hydrogen (secondary N) is 3. The first-order valence-corrected chi connectivity index (χ1v) is 12.2. The lowest BCUT2D eigenvalue weighted by Gasteiger charge is -2.38. The smallest absolute Gasteiger partial charge is 0.367 e. The van der Waals surface area contributed by atoms with Crippen molar-refractivity contribution in [2.24, 2.45) is 0 Å². The van der Waals surface area contributed by atoms with Gasteiger partial charge < -0.3 is 20.4 Å². The Bertz CT molecular complexity index is 1210. The van der Waals surface area contributed by atoms with E-state index in [4.69, 9.17) is 0 Å². The quantitative estimate of drug-likeness (QED) is 0.475. The summed E-state index contributed by atoms with van der Waals surface area (Å²) in [5.41, 5.74) is -1.64. The predicted molar refractivity (Wildman–Crippen MR) is 130 cm³/mol. The third-order valence-electron chi connectivity index (χ3n) is 6.96. The minimum Gasteiger partial charge on any atom is -0.367 e. The zero-order chi connectivity index (χ0) is 26.6. The number of aromatic nitrogens is 3. The summed E-state index contributed by atoms with van der Waals surface area (Å²) < 4.78 is 40.7. The van der Waals surface area contributed by atoms with Crippen LogP contribution < -0.4 is 26.0 Å². The number of Topliss-reactive ketones (excluding diaryl/α,β-unsaturated/α-hetero) is 1. The zero-order valence-electron chi connectivity index (χ0n) is 20.4. The Kier molecular flexibility index (Phi) is 8.09. The van der Waals surface area contributed by atoms with Crippen molar-refractivity contribution in [1.82, 2.24) is 25.8 Å². The summed E-state index contributed by atoms with van der Waals surface area (Å²) in [4.78, 5) is 32.8. The van der Waals surface area contributed by atoms with Crippen molar-refractivity contribution in [3.63, 3.8) is 0 Å². The van der Waals surface area contributed by atoms with Crippen LogP contribution in [0.1, 0.15) is 37.3 Å². The molecule has 0 saturated carbocycles. The summed E-state index contributed by atoms with van der Waals surface area (Å²) in [6, 6.07) is 2.65. The Morgan fingerprint density at radius 3 is 2.86 bits per heavy atom. The first-order chi connectivity index (χ1) is 17.7. The van der Waals surface area contributed by atoms with Gasteiger partial charge in [-0.3, -0.25) is 14.6 Å². The number of carbonyl (C=O) groups excluding carboxylic acids is 1. The molecule has 2 unspecified atom stereocenters. The number of nitrogens with zero attached hydrogens (tertiary/aromatic N) is 5. The van der Waals surface area contributed by atoms with Gasteiger partial charge in [0.15, 0.2) is 5.78 Å². The summed E-state index contributed by atoms with van der Waals surface area (Å²) in [6.07, 6.45) is 1.20. The van der Waals surface area contributed by atoms with Gasteiger partial charge in [-0.15, -0.1) is 0 Å². The maximum absolute atomic E-state index is 13.6. The summed E-state index contributed by atoms with van der Waals surface area (Å²) in [5.74, 6) is -0.0469. The van der Waals surface area contributed by atoms with Gasteiger partial charge in [-0.1, -0.05) is 0 Å². The number of halogens is 3. The molecule has 0 aliphatic carbocycles. The number of ketones is 1. The third kappa shape index (κ3) is 5.75. The number of anilines is 2. The second-order valence-electron chi connectivity index (χ2n) is 9.23. The van der Waals surface area contributed by atoms with Crippen LogP contribution >= 0.6 is 0 Å². The highest BCUT2D eigenvalue weighted by atomic mass is 19.4. The van der Waals surface area contributed by atoms with Crippen LogP contribution in [0.5, 0.6) is 0 Å². The average molecular weight is 519 g/mol. The molecule has 0 bridgehead atoms. The van der Waals surface area contributed by atoms with Crippen LogP contribution in [0.25, 0.3) is 0 Å². The molecule has 2 aromatic rings. The minimum absolute atomic E-state index is 0.0469. The Labute approximate surface area is 211 Å². The molecule has 0 radical (unpaired) electrons. The molecular formula is C24H29F3N8O2. The normalized spacial score (nSPS) is 21.1. The molecule has 10 nitrogen and oxygen atoms in total. The number of alkyl halides is 3. The van der Waals surface area contributed by atoms with E-state index in [1.54, 1.807) is 24.1 Å². The molecule has 2 aliphatic rings. The number of nitriles is 1. The maximum atomic E-state index is 13.6. The van der Waals surface area contributed by atoms with E-state index in [9.17, 15) is 28.0 Å². The summed E-state index contributed by atoms with van der Waals surface area (Å²) >= 11 is 0. The van der Waals surface area contributed by atoms with E-state index >= 15 is 0 Å². The predicted octanol–water partition coefficient (Wildman–Crippen LogP) is 1.44. The fourth-order valence-electron chi connectivity index (χ4n) is 5.16. The van der Waals surface area contributed by atoms with Crippen molar-refractivity contribution < 1.29 is 18.0 Å². The fraction of sp³-hybridized carbons (Fsp3) is 0.542. The van der Waals surface area contributed by atoms with Gasteiger partial charge >= 0.3 is 6.18 Å². The maximum Gasteiger partial charge on any atom is 0.423 e. The summed E-state index contributed by atoms with van der Waals surface area (Å²) in [5, 5.41) is 21.4. The molecule has 0 spiro atoms. The van der Waals surface area contributed by atoms with Crippen molar-refractivity contribution in [3.05, 3.63) is 46.1 Å². The molecule has 198 valence electrons. The van der Waals surface area contributed by atoms with E-state index in [0.29, 0.717) is 63.2 Å². The number of piperazine rings is 1. The molecule has 2 saturated heterocycles. The second-order valence-corrected chi connectivity index (χ2v) is 9.23. The second kappa shape index (κ2) is 11.3. The van der Waals surface area contributed by atoms with Crippen LogP contribution in [0, 0.1) is 11.3 Å². The van der Waals surface area contributed by atoms with Crippen molar-refractivity contribution in [2.45, 2.75) is 50.5 Å². The zero-order valence-corrected chi connectivity index (χ0v) is 20.4.